The smallest absolute Gasteiger partial charge is 0.238 e. The van der Waals surface area contributed by atoms with Gasteiger partial charge >= 0.3 is 0 Å². The molecule has 1 aromatic heterocycles. The molecule has 18 heavy (non-hydrogen) atoms. The highest BCUT2D eigenvalue weighted by molar-refractivity contribution is 5.92. The second kappa shape index (κ2) is 11.2. The maximum atomic E-state index is 11.5. The van der Waals surface area contributed by atoms with Crippen LogP contribution in [0.4, 0.5) is 5.69 Å². The molecule has 0 radical (unpaired) electrons. The van der Waals surface area contributed by atoms with Gasteiger partial charge in [-0.15, -0.1) is 24.8 Å². The number of methoxy groups -OCH3 is 1. The topological polar surface area (TPSA) is 63.2 Å². The largest absolute Gasteiger partial charge is 0.383 e. The predicted octanol–water partition coefficient (Wildman–Crippen LogP) is 1.41. The average Bonchev–Trinajstić information content (AvgIpc) is 2.28. The molecule has 2 N–H and O–H groups in total. The normalized spacial score (nSPS) is 9.00. The maximum Gasteiger partial charge on any atom is 0.238 e. The van der Waals surface area contributed by atoms with Crippen LogP contribution in [-0.4, -0.2) is 37.7 Å². The van der Waals surface area contributed by atoms with Gasteiger partial charge in [0, 0.05) is 19.9 Å². The van der Waals surface area contributed by atoms with E-state index in [0.29, 0.717) is 13.2 Å². The van der Waals surface area contributed by atoms with Gasteiger partial charge in [-0.2, -0.15) is 0 Å². The summed E-state index contributed by atoms with van der Waals surface area (Å²) < 4.78 is 4.86. The lowest BCUT2D eigenvalue weighted by molar-refractivity contribution is -0.115. The zero-order valence-electron chi connectivity index (χ0n) is 10.4. The van der Waals surface area contributed by atoms with Crippen LogP contribution in [0, 0.1) is 6.92 Å². The van der Waals surface area contributed by atoms with Gasteiger partial charge in [0.2, 0.25) is 5.91 Å². The van der Waals surface area contributed by atoms with Crippen LogP contribution in [0.25, 0.3) is 0 Å². The fourth-order valence-electron chi connectivity index (χ4n) is 1.17. The maximum absolute atomic E-state index is 11.5. The van der Waals surface area contributed by atoms with Gasteiger partial charge < -0.3 is 15.4 Å². The Labute approximate surface area is 120 Å². The Morgan fingerprint density at radius 1 is 1.44 bits per heavy atom. The van der Waals surface area contributed by atoms with Gasteiger partial charge in [0.05, 0.1) is 25.0 Å². The second-order valence-corrected chi connectivity index (χ2v) is 3.41. The highest BCUT2D eigenvalue weighted by Gasteiger charge is 2.03. The van der Waals surface area contributed by atoms with E-state index in [2.05, 4.69) is 15.6 Å². The SMILES string of the molecule is COCCNCC(=O)Nc1cnccc1C.Cl.Cl. The van der Waals surface area contributed by atoms with Gasteiger partial charge in [-0.05, 0) is 18.6 Å². The first-order valence-corrected chi connectivity index (χ1v) is 5.14. The molecule has 1 amide bonds. The lowest BCUT2D eigenvalue weighted by atomic mass is 10.2. The van der Waals surface area contributed by atoms with Crippen molar-refractivity contribution in [1.29, 1.82) is 0 Å². The van der Waals surface area contributed by atoms with Crippen molar-refractivity contribution in [2.24, 2.45) is 0 Å². The van der Waals surface area contributed by atoms with E-state index in [1.807, 2.05) is 13.0 Å². The van der Waals surface area contributed by atoms with E-state index >= 15 is 0 Å². The van der Waals surface area contributed by atoms with Crippen molar-refractivity contribution in [3.8, 4) is 0 Å². The number of aromatic nitrogens is 1. The van der Waals surface area contributed by atoms with Crippen LogP contribution in [0.15, 0.2) is 18.5 Å². The molecule has 7 heteroatoms. The van der Waals surface area contributed by atoms with Crippen LogP contribution in [0.1, 0.15) is 5.56 Å². The third-order valence-electron chi connectivity index (χ3n) is 2.08. The van der Waals surface area contributed by atoms with Gasteiger partial charge in [-0.3, -0.25) is 9.78 Å². The third kappa shape index (κ3) is 7.45. The number of pyridine rings is 1. The number of nitrogens with one attached hydrogen (secondary N) is 2. The molecule has 0 saturated heterocycles. The molecule has 0 atom stereocenters. The van der Waals surface area contributed by atoms with Crippen molar-refractivity contribution < 1.29 is 9.53 Å². The second-order valence-electron chi connectivity index (χ2n) is 3.41. The van der Waals surface area contributed by atoms with Gasteiger partial charge in [0.1, 0.15) is 0 Å². The summed E-state index contributed by atoms with van der Waals surface area (Å²) in [6.07, 6.45) is 3.34. The molecule has 1 heterocycles. The molecule has 104 valence electrons. The summed E-state index contributed by atoms with van der Waals surface area (Å²) in [5.74, 6) is -0.0767. The lowest BCUT2D eigenvalue weighted by Crippen LogP contribution is -2.30. The van der Waals surface area contributed by atoms with E-state index in [-0.39, 0.29) is 37.3 Å². The van der Waals surface area contributed by atoms with Crippen molar-refractivity contribution in [2.75, 3.05) is 32.1 Å². The summed E-state index contributed by atoms with van der Waals surface area (Å²) in [5, 5.41) is 5.75. The molecule has 0 aliphatic heterocycles. The Balaban J connectivity index is 0. The number of hydrogen-bond donors (Lipinski definition) is 2. The van der Waals surface area contributed by atoms with E-state index in [0.717, 1.165) is 11.3 Å². The highest BCUT2D eigenvalue weighted by Crippen LogP contribution is 2.10. The summed E-state index contributed by atoms with van der Waals surface area (Å²) in [4.78, 5) is 15.4. The molecule has 0 aliphatic rings. The number of hydrogen-bond acceptors (Lipinski definition) is 4. The van der Waals surface area contributed by atoms with Gasteiger partial charge in [-0.1, -0.05) is 0 Å². The van der Waals surface area contributed by atoms with E-state index < -0.39 is 0 Å². The van der Waals surface area contributed by atoms with Crippen LogP contribution in [0.5, 0.6) is 0 Å². The number of rotatable bonds is 6. The van der Waals surface area contributed by atoms with Crippen LogP contribution in [-0.2, 0) is 9.53 Å². The number of carbonyl (C=O) groups is 1. The molecule has 0 aromatic carbocycles. The number of aryl methyl sites for hydroxylation is 1. The molecule has 1 aromatic rings. The number of halogens is 2. The molecule has 0 spiro atoms. The summed E-state index contributed by atoms with van der Waals surface area (Å²) in [6, 6.07) is 1.86. The first-order valence-electron chi connectivity index (χ1n) is 5.14. The Bertz CT molecular complexity index is 351. The van der Waals surface area contributed by atoms with Crippen LogP contribution in [0.3, 0.4) is 0 Å². The fraction of sp³-hybridized carbons (Fsp3) is 0.455. The predicted molar refractivity (Wildman–Crippen MR) is 76.8 cm³/mol. The molecule has 0 saturated carbocycles. The molecule has 0 aliphatic carbocycles. The number of ether oxygens (including phenoxy) is 1. The Morgan fingerprint density at radius 2 is 2.17 bits per heavy atom. The van der Waals surface area contributed by atoms with Crippen LogP contribution in [0.2, 0.25) is 0 Å². The third-order valence-corrected chi connectivity index (χ3v) is 2.08. The van der Waals surface area contributed by atoms with Crippen molar-refractivity contribution in [3.05, 3.63) is 24.0 Å². The minimum atomic E-state index is -0.0767. The molecule has 5 nitrogen and oxygen atoms in total. The standard InChI is InChI=1S/C11H17N3O2.2ClH/c1-9-3-4-12-7-10(9)14-11(15)8-13-5-6-16-2;;/h3-4,7,13H,5-6,8H2,1-2H3,(H,14,15);2*1H. The van der Waals surface area contributed by atoms with Gasteiger partial charge in [0.15, 0.2) is 0 Å². The molecule has 0 bridgehead atoms. The molecular formula is C11H19Cl2N3O2. The Morgan fingerprint density at radius 3 is 2.78 bits per heavy atom. The van der Waals surface area contributed by atoms with Crippen molar-refractivity contribution in [2.45, 2.75) is 6.92 Å². The fourth-order valence-corrected chi connectivity index (χ4v) is 1.17. The summed E-state index contributed by atoms with van der Waals surface area (Å²) in [6.45, 7) is 3.46. The summed E-state index contributed by atoms with van der Waals surface area (Å²) in [5.41, 5.74) is 1.75. The Hall–Kier alpha value is -0.880. The van der Waals surface area contributed by atoms with E-state index in [9.17, 15) is 4.79 Å². The first-order chi connectivity index (χ1) is 7.74. The average molecular weight is 296 g/mol. The van der Waals surface area contributed by atoms with E-state index in [1.165, 1.54) is 0 Å². The monoisotopic (exact) mass is 295 g/mol. The lowest BCUT2D eigenvalue weighted by Gasteiger charge is -2.08. The number of nitrogens with zero attached hydrogens (tertiary/aromatic N) is 1. The van der Waals surface area contributed by atoms with Crippen molar-refractivity contribution in [1.82, 2.24) is 10.3 Å². The highest BCUT2D eigenvalue weighted by atomic mass is 35.5. The quantitative estimate of drug-likeness (QED) is 0.779. The molecular weight excluding hydrogens is 277 g/mol. The summed E-state index contributed by atoms with van der Waals surface area (Å²) >= 11 is 0. The Kier molecular flexibility index (Phi) is 12.1. The minimum Gasteiger partial charge on any atom is -0.383 e. The molecule has 0 unspecified atom stereocenters. The number of amides is 1. The molecule has 0 fully saturated rings. The summed E-state index contributed by atoms with van der Waals surface area (Å²) in [7, 11) is 1.63. The van der Waals surface area contributed by atoms with E-state index in [4.69, 9.17) is 4.74 Å². The van der Waals surface area contributed by atoms with Crippen molar-refractivity contribution in [3.63, 3.8) is 0 Å². The number of carbonyl (C=O) groups excluding carboxylic acids is 1. The van der Waals surface area contributed by atoms with Crippen molar-refractivity contribution >= 4 is 36.4 Å². The minimum absolute atomic E-state index is 0. The van der Waals surface area contributed by atoms with Gasteiger partial charge in [-0.25, -0.2) is 0 Å². The van der Waals surface area contributed by atoms with Gasteiger partial charge in [0.25, 0.3) is 0 Å². The number of anilines is 1. The van der Waals surface area contributed by atoms with Crippen LogP contribution < -0.4 is 10.6 Å². The first kappa shape index (κ1) is 19.5. The van der Waals surface area contributed by atoms with E-state index in [1.54, 1.807) is 19.5 Å². The zero-order valence-corrected chi connectivity index (χ0v) is 12.1. The molecule has 1 rings (SSSR count). The van der Waals surface area contributed by atoms with Crippen LogP contribution >= 0.6 is 24.8 Å². The zero-order chi connectivity index (χ0) is 11.8.